The molecule has 2 heterocycles. The molecule has 1 aliphatic heterocycles. The van der Waals surface area contributed by atoms with E-state index in [4.69, 9.17) is 0 Å². The van der Waals surface area contributed by atoms with E-state index in [1.807, 2.05) is 12.3 Å². The van der Waals surface area contributed by atoms with Gasteiger partial charge >= 0.3 is 0 Å². The zero-order valence-corrected chi connectivity index (χ0v) is 14.3. The van der Waals surface area contributed by atoms with Gasteiger partial charge in [-0.05, 0) is 49.1 Å². The van der Waals surface area contributed by atoms with Crippen molar-refractivity contribution in [1.29, 1.82) is 0 Å². The van der Waals surface area contributed by atoms with Crippen molar-refractivity contribution in [3.05, 3.63) is 54.6 Å². The first kappa shape index (κ1) is 15.7. The Morgan fingerprint density at radius 2 is 1.92 bits per heavy atom. The van der Waals surface area contributed by atoms with Gasteiger partial charge in [0.05, 0.1) is 10.6 Å². The fourth-order valence-electron chi connectivity index (χ4n) is 4.23. The van der Waals surface area contributed by atoms with Gasteiger partial charge in [0.2, 0.25) is 10.0 Å². The Morgan fingerprint density at radius 1 is 1.08 bits per heavy atom. The first-order chi connectivity index (χ1) is 11.6. The van der Waals surface area contributed by atoms with Crippen LogP contribution in [-0.4, -0.2) is 35.8 Å². The molecule has 1 aliphatic carbocycles. The first-order valence-corrected chi connectivity index (χ1v) is 9.88. The topological polar surface area (TPSA) is 63.2 Å². The Labute approximate surface area is 142 Å². The molecule has 1 saturated carbocycles. The average molecular weight is 343 g/mol. The van der Waals surface area contributed by atoms with Crippen molar-refractivity contribution in [2.24, 2.45) is 17.8 Å². The van der Waals surface area contributed by atoms with Crippen molar-refractivity contribution in [2.45, 2.75) is 24.2 Å². The summed E-state index contributed by atoms with van der Waals surface area (Å²) < 4.78 is 27.3. The molecule has 2 aromatic rings. The number of nitrogens with zero attached hydrogens (tertiary/aromatic N) is 3. The van der Waals surface area contributed by atoms with Gasteiger partial charge in [-0.1, -0.05) is 18.2 Å². The molecular formula is C18H21N3O2S. The van der Waals surface area contributed by atoms with E-state index in [0.717, 1.165) is 25.0 Å². The molecule has 5 nitrogen and oxygen atoms in total. The number of sulfonamides is 1. The van der Waals surface area contributed by atoms with Gasteiger partial charge in [-0.2, -0.15) is 4.31 Å². The second kappa shape index (κ2) is 6.26. The highest BCUT2D eigenvalue weighted by Crippen LogP contribution is 2.44. The van der Waals surface area contributed by atoms with E-state index in [1.54, 1.807) is 41.0 Å². The fraction of sp³-hybridized carbons (Fsp3) is 0.444. The molecule has 0 radical (unpaired) electrons. The van der Waals surface area contributed by atoms with Crippen molar-refractivity contribution in [2.75, 3.05) is 13.1 Å². The summed E-state index contributed by atoms with van der Waals surface area (Å²) in [5.41, 5.74) is 1.01. The number of benzene rings is 1. The molecular weight excluding hydrogens is 322 g/mol. The van der Waals surface area contributed by atoms with Crippen LogP contribution in [0, 0.1) is 17.8 Å². The standard InChI is InChI=1S/C18H21N3O2S/c22-24(23,17-4-2-1-3-5-17)21-12-15-7-6-14(18(15)13-21)10-16-11-19-8-9-20-16/h1-5,8-9,11,14-15,18H,6-7,10,12-13H2/t14-,15-,18-/m1/s1. The lowest BCUT2D eigenvalue weighted by molar-refractivity contribution is 0.356. The van der Waals surface area contributed by atoms with E-state index in [2.05, 4.69) is 9.97 Å². The van der Waals surface area contributed by atoms with Crippen molar-refractivity contribution >= 4 is 10.0 Å². The molecule has 24 heavy (non-hydrogen) atoms. The molecule has 4 rings (SSSR count). The summed E-state index contributed by atoms with van der Waals surface area (Å²) >= 11 is 0. The minimum atomic E-state index is -3.37. The largest absolute Gasteiger partial charge is 0.261 e. The molecule has 1 aromatic carbocycles. The van der Waals surface area contributed by atoms with E-state index in [9.17, 15) is 8.42 Å². The van der Waals surface area contributed by atoms with Gasteiger partial charge in [0, 0.05) is 31.7 Å². The molecule has 0 unspecified atom stereocenters. The number of hydrogen-bond acceptors (Lipinski definition) is 4. The summed E-state index contributed by atoms with van der Waals surface area (Å²) in [5, 5.41) is 0. The monoisotopic (exact) mass is 343 g/mol. The molecule has 0 spiro atoms. The van der Waals surface area contributed by atoms with Crippen LogP contribution in [0.3, 0.4) is 0 Å². The van der Waals surface area contributed by atoms with Crippen LogP contribution < -0.4 is 0 Å². The number of hydrogen-bond donors (Lipinski definition) is 0. The fourth-order valence-corrected chi connectivity index (χ4v) is 5.79. The van der Waals surface area contributed by atoms with Crippen LogP contribution in [0.5, 0.6) is 0 Å². The summed E-state index contributed by atoms with van der Waals surface area (Å²) in [6.07, 6.45) is 8.39. The lowest BCUT2D eigenvalue weighted by atomic mass is 9.89. The van der Waals surface area contributed by atoms with Crippen LogP contribution in [0.15, 0.2) is 53.8 Å². The Morgan fingerprint density at radius 3 is 2.67 bits per heavy atom. The molecule has 1 saturated heterocycles. The summed E-state index contributed by atoms with van der Waals surface area (Å²) in [5.74, 6) is 1.42. The number of aromatic nitrogens is 2. The van der Waals surface area contributed by atoms with Gasteiger partial charge in [-0.15, -0.1) is 0 Å². The lowest BCUT2D eigenvalue weighted by Crippen LogP contribution is -2.30. The smallest absolute Gasteiger partial charge is 0.243 e. The molecule has 2 fully saturated rings. The normalized spacial score (nSPS) is 27.2. The van der Waals surface area contributed by atoms with Gasteiger partial charge in [0.1, 0.15) is 0 Å². The van der Waals surface area contributed by atoms with Crippen molar-refractivity contribution in [3.8, 4) is 0 Å². The predicted molar refractivity (Wildman–Crippen MR) is 90.6 cm³/mol. The summed E-state index contributed by atoms with van der Waals surface area (Å²) in [6.45, 7) is 1.28. The van der Waals surface area contributed by atoms with Crippen molar-refractivity contribution in [3.63, 3.8) is 0 Å². The van der Waals surface area contributed by atoms with Crippen LogP contribution in [-0.2, 0) is 16.4 Å². The number of rotatable bonds is 4. The molecule has 2 aliphatic rings. The zero-order chi connectivity index (χ0) is 16.6. The SMILES string of the molecule is O=S(=O)(c1ccccc1)N1C[C@H]2CC[C@H](Cc3cnccn3)[C@H]2C1. The van der Waals surface area contributed by atoms with E-state index in [1.165, 1.54) is 0 Å². The van der Waals surface area contributed by atoms with Gasteiger partial charge in [-0.3, -0.25) is 9.97 Å². The van der Waals surface area contributed by atoms with Gasteiger partial charge in [0.25, 0.3) is 0 Å². The van der Waals surface area contributed by atoms with E-state index in [-0.39, 0.29) is 0 Å². The van der Waals surface area contributed by atoms with Gasteiger partial charge in [0.15, 0.2) is 0 Å². The van der Waals surface area contributed by atoms with Gasteiger partial charge < -0.3 is 0 Å². The Bertz CT molecular complexity index is 796. The molecule has 3 atom stereocenters. The maximum atomic E-state index is 12.8. The predicted octanol–water partition coefficient (Wildman–Crippen LogP) is 2.37. The third kappa shape index (κ3) is 2.84. The summed E-state index contributed by atoms with van der Waals surface area (Å²) in [4.78, 5) is 8.91. The highest BCUT2D eigenvalue weighted by molar-refractivity contribution is 7.89. The van der Waals surface area contributed by atoms with Gasteiger partial charge in [-0.25, -0.2) is 8.42 Å². The van der Waals surface area contributed by atoms with Crippen LogP contribution in [0.4, 0.5) is 0 Å². The highest BCUT2D eigenvalue weighted by atomic mass is 32.2. The average Bonchev–Trinajstić information content (AvgIpc) is 3.19. The second-order valence-corrected chi connectivity index (χ2v) is 8.74. The van der Waals surface area contributed by atoms with E-state index >= 15 is 0 Å². The maximum absolute atomic E-state index is 12.8. The number of fused-ring (bicyclic) bond motifs is 1. The molecule has 0 N–H and O–H groups in total. The minimum Gasteiger partial charge on any atom is -0.261 e. The van der Waals surface area contributed by atoms with Crippen molar-refractivity contribution in [1.82, 2.24) is 14.3 Å². The second-order valence-electron chi connectivity index (χ2n) is 6.80. The minimum absolute atomic E-state index is 0.399. The van der Waals surface area contributed by atoms with E-state index in [0.29, 0.717) is 35.7 Å². The van der Waals surface area contributed by atoms with Crippen LogP contribution in [0.1, 0.15) is 18.5 Å². The summed E-state index contributed by atoms with van der Waals surface area (Å²) in [6, 6.07) is 8.76. The zero-order valence-electron chi connectivity index (χ0n) is 13.5. The molecule has 1 aromatic heterocycles. The molecule has 6 heteroatoms. The van der Waals surface area contributed by atoms with Crippen molar-refractivity contribution < 1.29 is 8.42 Å². The molecule has 0 bridgehead atoms. The third-order valence-electron chi connectivity index (χ3n) is 5.44. The summed E-state index contributed by atoms with van der Waals surface area (Å²) in [7, 11) is -3.37. The van der Waals surface area contributed by atoms with E-state index < -0.39 is 10.0 Å². The highest BCUT2D eigenvalue weighted by Gasteiger charge is 2.46. The Hall–Kier alpha value is -1.79. The maximum Gasteiger partial charge on any atom is 0.243 e. The Balaban J connectivity index is 1.50. The lowest BCUT2D eigenvalue weighted by Gasteiger charge is -2.20. The van der Waals surface area contributed by atoms with Crippen LogP contribution in [0.2, 0.25) is 0 Å². The first-order valence-electron chi connectivity index (χ1n) is 8.44. The molecule has 126 valence electrons. The third-order valence-corrected chi connectivity index (χ3v) is 7.29. The van der Waals surface area contributed by atoms with Crippen LogP contribution >= 0.6 is 0 Å². The molecule has 0 amide bonds. The van der Waals surface area contributed by atoms with Crippen LogP contribution in [0.25, 0.3) is 0 Å². The quantitative estimate of drug-likeness (QED) is 0.855. The Kier molecular flexibility index (Phi) is 4.10.